The zero-order chi connectivity index (χ0) is 19.9. The van der Waals surface area contributed by atoms with E-state index >= 15 is 0 Å². The molecule has 1 heterocycles. The highest BCUT2D eigenvalue weighted by molar-refractivity contribution is 8.15. The van der Waals surface area contributed by atoms with Crippen LogP contribution in [0.15, 0.2) is 64.8 Å². The molecule has 1 aliphatic rings. The molecule has 8 nitrogen and oxygen atoms in total. The van der Waals surface area contributed by atoms with Gasteiger partial charge in [-0.3, -0.25) is 9.59 Å². The normalized spacial score (nSPS) is 17.6. The van der Waals surface area contributed by atoms with Crippen molar-refractivity contribution >= 4 is 41.0 Å². The predicted octanol–water partition coefficient (Wildman–Crippen LogP) is 2.30. The van der Waals surface area contributed by atoms with Crippen LogP contribution in [0, 0.1) is 0 Å². The van der Waals surface area contributed by atoms with Crippen molar-refractivity contribution in [3.05, 3.63) is 65.7 Å². The molecule has 1 saturated heterocycles. The molecule has 1 amide bonds. The van der Waals surface area contributed by atoms with Gasteiger partial charge in [0.25, 0.3) is 0 Å². The highest BCUT2D eigenvalue weighted by atomic mass is 32.2. The van der Waals surface area contributed by atoms with Crippen LogP contribution >= 0.6 is 11.8 Å². The molecule has 0 spiro atoms. The molecule has 0 saturated carbocycles. The van der Waals surface area contributed by atoms with E-state index in [-0.39, 0.29) is 11.6 Å². The molecule has 1 atom stereocenters. The summed E-state index contributed by atoms with van der Waals surface area (Å²) in [5, 5.41) is 18.5. The number of thioether (sulfide) groups is 1. The van der Waals surface area contributed by atoms with Crippen LogP contribution in [0.2, 0.25) is 0 Å². The topological polar surface area (TPSA) is 117 Å². The van der Waals surface area contributed by atoms with E-state index in [4.69, 9.17) is 9.84 Å². The molecule has 3 rings (SSSR count). The van der Waals surface area contributed by atoms with Gasteiger partial charge in [0.1, 0.15) is 11.0 Å². The van der Waals surface area contributed by atoms with E-state index in [2.05, 4.69) is 15.5 Å². The fourth-order valence-electron chi connectivity index (χ4n) is 2.26. The standard InChI is InChI=1S/C19H15N3O5S/c23-16(24)10-15-17(25)21-19(28-15)22-20-11-12-6-8-14(9-7-12)27-18(26)13-4-2-1-3-5-13/h1-9,11,15H,10H2,(H,23,24)(H,21,22,25)/b20-11+. The third-order valence-electron chi connectivity index (χ3n) is 3.59. The molecule has 0 bridgehead atoms. The summed E-state index contributed by atoms with van der Waals surface area (Å²) in [5.74, 6) is -1.50. The molecular formula is C19H15N3O5S. The van der Waals surface area contributed by atoms with Gasteiger partial charge in [-0.15, -0.1) is 5.10 Å². The van der Waals surface area contributed by atoms with Gasteiger partial charge < -0.3 is 15.2 Å². The number of rotatable bonds is 6. The first kappa shape index (κ1) is 19.3. The van der Waals surface area contributed by atoms with Crippen molar-refractivity contribution in [2.24, 2.45) is 10.2 Å². The third kappa shape index (κ3) is 5.27. The molecule has 142 valence electrons. The summed E-state index contributed by atoms with van der Waals surface area (Å²) in [4.78, 5) is 34.3. The van der Waals surface area contributed by atoms with Crippen LogP contribution in [0.5, 0.6) is 5.75 Å². The molecule has 1 fully saturated rings. The molecule has 1 aliphatic heterocycles. The van der Waals surface area contributed by atoms with Gasteiger partial charge >= 0.3 is 11.9 Å². The molecule has 0 aliphatic carbocycles. The second kappa shape index (κ2) is 8.96. The minimum absolute atomic E-state index is 0.251. The van der Waals surface area contributed by atoms with Crippen LogP contribution in [-0.2, 0) is 9.59 Å². The Labute approximate surface area is 164 Å². The Kier molecular flexibility index (Phi) is 6.18. The Morgan fingerprint density at radius 3 is 2.54 bits per heavy atom. The fourth-order valence-corrected chi connectivity index (χ4v) is 3.17. The van der Waals surface area contributed by atoms with Crippen molar-refractivity contribution in [3.63, 3.8) is 0 Å². The second-order valence-electron chi connectivity index (χ2n) is 5.67. The largest absolute Gasteiger partial charge is 0.481 e. The number of carbonyl (C=O) groups is 3. The first-order valence-electron chi connectivity index (χ1n) is 8.19. The third-order valence-corrected chi connectivity index (χ3v) is 4.66. The van der Waals surface area contributed by atoms with Gasteiger partial charge in [0.2, 0.25) is 5.91 Å². The number of amides is 1. The lowest BCUT2D eigenvalue weighted by molar-refractivity contribution is -0.138. The van der Waals surface area contributed by atoms with Gasteiger partial charge in [-0.1, -0.05) is 30.0 Å². The summed E-state index contributed by atoms with van der Waals surface area (Å²) in [6.07, 6.45) is 1.19. The van der Waals surface area contributed by atoms with E-state index in [0.29, 0.717) is 16.9 Å². The first-order valence-corrected chi connectivity index (χ1v) is 9.07. The average molecular weight is 397 g/mol. The number of nitrogens with one attached hydrogen (secondary N) is 1. The van der Waals surface area contributed by atoms with Gasteiger partial charge in [-0.05, 0) is 42.0 Å². The van der Waals surface area contributed by atoms with Crippen molar-refractivity contribution in [1.82, 2.24) is 5.32 Å². The highest BCUT2D eigenvalue weighted by Gasteiger charge is 2.32. The van der Waals surface area contributed by atoms with Gasteiger partial charge in [0.05, 0.1) is 18.2 Å². The minimum atomic E-state index is -1.05. The van der Waals surface area contributed by atoms with E-state index in [0.717, 1.165) is 11.8 Å². The van der Waals surface area contributed by atoms with Gasteiger partial charge in [0, 0.05) is 0 Å². The monoisotopic (exact) mass is 397 g/mol. The van der Waals surface area contributed by atoms with Crippen LogP contribution < -0.4 is 10.1 Å². The number of ether oxygens (including phenoxy) is 1. The molecule has 2 N–H and O–H groups in total. The first-order chi connectivity index (χ1) is 13.5. The summed E-state index contributed by atoms with van der Waals surface area (Å²) in [5.41, 5.74) is 1.17. The number of carboxylic acid groups (broad SMARTS) is 1. The maximum atomic E-state index is 12.0. The fraction of sp³-hybridized carbons (Fsp3) is 0.105. The Balaban J connectivity index is 1.56. The van der Waals surface area contributed by atoms with E-state index in [1.807, 2.05) is 6.07 Å². The molecule has 1 unspecified atom stereocenters. The number of hydrogen-bond donors (Lipinski definition) is 2. The number of nitrogens with zero attached hydrogens (tertiary/aromatic N) is 2. The summed E-state index contributed by atoms with van der Waals surface area (Å²) < 4.78 is 5.29. The molecule has 9 heteroatoms. The molecule has 0 aromatic heterocycles. The zero-order valence-corrected chi connectivity index (χ0v) is 15.3. The van der Waals surface area contributed by atoms with Crippen LogP contribution in [0.4, 0.5) is 0 Å². The Morgan fingerprint density at radius 1 is 1.14 bits per heavy atom. The van der Waals surface area contributed by atoms with Crippen LogP contribution in [0.25, 0.3) is 0 Å². The van der Waals surface area contributed by atoms with E-state index in [1.54, 1.807) is 48.5 Å². The predicted molar refractivity (Wildman–Crippen MR) is 105 cm³/mol. The smallest absolute Gasteiger partial charge is 0.343 e. The summed E-state index contributed by atoms with van der Waals surface area (Å²) in [6, 6.07) is 15.3. The SMILES string of the molecule is O=C(O)CC1S/C(=N/N=C/c2ccc(OC(=O)c3ccccc3)cc2)NC1=O. The Bertz CT molecular complexity index is 942. The average Bonchev–Trinajstić information content (AvgIpc) is 3.02. The van der Waals surface area contributed by atoms with Crippen molar-refractivity contribution < 1.29 is 24.2 Å². The zero-order valence-electron chi connectivity index (χ0n) is 14.4. The summed E-state index contributed by atoms with van der Waals surface area (Å²) >= 11 is 1.03. The molecule has 2 aromatic rings. The number of amidine groups is 1. The highest BCUT2D eigenvalue weighted by Crippen LogP contribution is 2.22. The van der Waals surface area contributed by atoms with Crippen LogP contribution in [-0.4, -0.2) is 39.6 Å². The maximum absolute atomic E-state index is 12.0. The lowest BCUT2D eigenvalue weighted by atomic mass is 10.2. The number of esters is 1. The van der Waals surface area contributed by atoms with Crippen LogP contribution in [0.1, 0.15) is 22.3 Å². The summed E-state index contributed by atoms with van der Waals surface area (Å²) in [7, 11) is 0. The van der Waals surface area contributed by atoms with E-state index < -0.39 is 23.1 Å². The van der Waals surface area contributed by atoms with Crippen molar-refractivity contribution in [3.8, 4) is 5.75 Å². The van der Waals surface area contributed by atoms with Gasteiger partial charge in [0.15, 0.2) is 5.17 Å². The quantitative estimate of drug-likeness (QED) is 0.334. The van der Waals surface area contributed by atoms with Crippen molar-refractivity contribution in [2.75, 3.05) is 0 Å². The minimum Gasteiger partial charge on any atom is -0.481 e. The Hall–Kier alpha value is -3.46. The van der Waals surface area contributed by atoms with Crippen LogP contribution in [0.3, 0.4) is 0 Å². The Morgan fingerprint density at radius 2 is 1.86 bits per heavy atom. The number of carboxylic acids is 1. The van der Waals surface area contributed by atoms with Gasteiger partial charge in [-0.25, -0.2) is 4.79 Å². The van der Waals surface area contributed by atoms with Crippen molar-refractivity contribution in [2.45, 2.75) is 11.7 Å². The molecular weight excluding hydrogens is 382 g/mol. The lowest BCUT2D eigenvalue weighted by Gasteiger charge is -2.04. The number of aliphatic carboxylic acids is 1. The summed E-state index contributed by atoms with van der Waals surface area (Å²) in [6.45, 7) is 0. The number of hydrogen-bond acceptors (Lipinski definition) is 7. The molecule has 2 aromatic carbocycles. The second-order valence-corrected chi connectivity index (χ2v) is 6.86. The van der Waals surface area contributed by atoms with E-state index in [9.17, 15) is 14.4 Å². The molecule has 28 heavy (non-hydrogen) atoms. The molecule has 0 radical (unpaired) electrons. The number of benzene rings is 2. The van der Waals surface area contributed by atoms with Crippen molar-refractivity contribution in [1.29, 1.82) is 0 Å². The maximum Gasteiger partial charge on any atom is 0.343 e. The van der Waals surface area contributed by atoms with Gasteiger partial charge in [-0.2, -0.15) is 5.10 Å². The lowest BCUT2D eigenvalue weighted by Crippen LogP contribution is -2.26. The number of carbonyl (C=O) groups excluding carboxylic acids is 2. The van der Waals surface area contributed by atoms with E-state index in [1.165, 1.54) is 6.21 Å².